The Morgan fingerprint density at radius 2 is 2.05 bits per heavy atom. The molecule has 0 bridgehead atoms. The number of carbonyl (C=O) groups excluding carboxylic acids is 1. The standard InChI is InChI=1S/C16H16BrClN2O/c1-10(8-11-4-2-3-5-14(11)18)20-16(21)13-9-12(17)6-7-15(13)19/h2-7,9-10H,8,19H2,1H3,(H,20,21). The highest BCUT2D eigenvalue weighted by molar-refractivity contribution is 9.10. The molecule has 0 spiro atoms. The number of benzene rings is 2. The summed E-state index contributed by atoms with van der Waals surface area (Å²) < 4.78 is 0.820. The van der Waals surface area contributed by atoms with Crippen molar-refractivity contribution in [3.05, 3.63) is 63.1 Å². The van der Waals surface area contributed by atoms with Crippen molar-refractivity contribution in [2.24, 2.45) is 0 Å². The fourth-order valence-electron chi connectivity index (χ4n) is 2.07. The zero-order chi connectivity index (χ0) is 15.4. The van der Waals surface area contributed by atoms with Gasteiger partial charge in [0.25, 0.3) is 5.91 Å². The van der Waals surface area contributed by atoms with E-state index in [9.17, 15) is 4.79 Å². The van der Waals surface area contributed by atoms with Gasteiger partial charge in [-0.1, -0.05) is 45.7 Å². The molecule has 2 aromatic rings. The molecule has 0 fully saturated rings. The molecular formula is C16H16BrClN2O. The van der Waals surface area contributed by atoms with E-state index in [-0.39, 0.29) is 11.9 Å². The number of halogens is 2. The number of anilines is 1. The molecular weight excluding hydrogens is 352 g/mol. The van der Waals surface area contributed by atoms with Gasteiger partial charge in [0.1, 0.15) is 0 Å². The van der Waals surface area contributed by atoms with Crippen molar-refractivity contribution in [2.75, 3.05) is 5.73 Å². The largest absolute Gasteiger partial charge is 0.398 e. The minimum absolute atomic E-state index is 0.0456. The summed E-state index contributed by atoms with van der Waals surface area (Å²) in [4.78, 5) is 12.3. The monoisotopic (exact) mass is 366 g/mol. The van der Waals surface area contributed by atoms with E-state index in [2.05, 4.69) is 21.2 Å². The van der Waals surface area contributed by atoms with Gasteiger partial charge in [0.2, 0.25) is 0 Å². The number of rotatable bonds is 4. The lowest BCUT2D eigenvalue weighted by Crippen LogP contribution is -2.34. The van der Waals surface area contributed by atoms with Crippen molar-refractivity contribution in [1.82, 2.24) is 5.32 Å². The van der Waals surface area contributed by atoms with Gasteiger partial charge in [-0.3, -0.25) is 4.79 Å². The van der Waals surface area contributed by atoms with Crippen LogP contribution in [0.1, 0.15) is 22.8 Å². The summed E-state index contributed by atoms with van der Waals surface area (Å²) in [7, 11) is 0. The molecule has 1 atom stereocenters. The Labute approximate surface area is 137 Å². The molecule has 0 aliphatic rings. The summed E-state index contributed by atoms with van der Waals surface area (Å²) in [6.07, 6.45) is 0.666. The maximum atomic E-state index is 12.3. The van der Waals surface area contributed by atoms with E-state index in [1.165, 1.54) is 0 Å². The van der Waals surface area contributed by atoms with Crippen molar-refractivity contribution in [3.8, 4) is 0 Å². The van der Waals surface area contributed by atoms with E-state index in [0.29, 0.717) is 22.7 Å². The van der Waals surface area contributed by atoms with Crippen LogP contribution in [0.2, 0.25) is 5.02 Å². The number of hydrogen-bond donors (Lipinski definition) is 2. The van der Waals surface area contributed by atoms with E-state index in [0.717, 1.165) is 10.0 Å². The molecule has 5 heteroatoms. The summed E-state index contributed by atoms with van der Waals surface area (Å²) in [6.45, 7) is 1.94. The number of nitrogens with one attached hydrogen (secondary N) is 1. The second-order valence-corrected chi connectivity index (χ2v) is 6.22. The molecule has 0 heterocycles. The van der Waals surface area contributed by atoms with Crippen LogP contribution < -0.4 is 11.1 Å². The van der Waals surface area contributed by atoms with Gasteiger partial charge in [-0.15, -0.1) is 0 Å². The second kappa shape index (κ2) is 6.96. The van der Waals surface area contributed by atoms with E-state index < -0.39 is 0 Å². The first-order chi connectivity index (χ1) is 9.97. The molecule has 0 saturated heterocycles. The maximum Gasteiger partial charge on any atom is 0.253 e. The molecule has 0 aliphatic heterocycles. The predicted octanol–water partition coefficient (Wildman–Crippen LogP) is 4.05. The summed E-state index contributed by atoms with van der Waals surface area (Å²) in [5, 5.41) is 3.65. The quantitative estimate of drug-likeness (QED) is 0.801. The van der Waals surface area contributed by atoms with Gasteiger partial charge in [-0.25, -0.2) is 0 Å². The summed E-state index contributed by atoms with van der Waals surface area (Å²) in [5.74, 6) is -0.187. The van der Waals surface area contributed by atoms with Crippen molar-refractivity contribution >= 4 is 39.1 Å². The normalized spacial score (nSPS) is 12.0. The highest BCUT2D eigenvalue weighted by Crippen LogP contribution is 2.19. The average Bonchev–Trinajstić information content (AvgIpc) is 2.44. The van der Waals surface area contributed by atoms with Crippen LogP contribution in [-0.4, -0.2) is 11.9 Å². The molecule has 3 nitrogen and oxygen atoms in total. The van der Waals surface area contributed by atoms with Gasteiger partial charge < -0.3 is 11.1 Å². The fraction of sp³-hybridized carbons (Fsp3) is 0.188. The van der Waals surface area contributed by atoms with Crippen LogP contribution in [0.5, 0.6) is 0 Å². The van der Waals surface area contributed by atoms with Crippen molar-refractivity contribution in [3.63, 3.8) is 0 Å². The Hall–Kier alpha value is -1.52. The Balaban J connectivity index is 2.06. The first-order valence-electron chi connectivity index (χ1n) is 6.56. The molecule has 110 valence electrons. The number of amides is 1. The lowest BCUT2D eigenvalue weighted by Gasteiger charge is -2.16. The molecule has 3 N–H and O–H groups in total. The van der Waals surface area contributed by atoms with Gasteiger partial charge in [0, 0.05) is 21.2 Å². The van der Waals surface area contributed by atoms with E-state index in [1.54, 1.807) is 18.2 Å². The molecule has 1 amide bonds. The first-order valence-corrected chi connectivity index (χ1v) is 7.73. The molecule has 0 aromatic heterocycles. The van der Waals surface area contributed by atoms with Gasteiger partial charge >= 0.3 is 0 Å². The third kappa shape index (κ3) is 4.22. The minimum atomic E-state index is -0.187. The molecule has 0 aliphatic carbocycles. The molecule has 0 saturated carbocycles. The molecule has 0 radical (unpaired) electrons. The summed E-state index contributed by atoms with van der Waals surface area (Å²) in [5.41, 5.74) is 7.78. The van der Waals surface area contributed by atoms with Crippen LogP contribution in [0.3, 0.4) is 0 Å². The van der Waals surface area contributed by atoms with Crippen LogP contribution in [0, 0.1) is 0 Å². The number of hydrogen-bond acceptors (Lipinski definition) is 2. The topological polar surface area (TPSA) is 55.1 Å². The van der Waals surface area contributed by atoms with Crippen LogP contribution in [0.4, 0.5) is 5.69 Å². The van der Waals surface area contributed by atoms with Crippen LogP contribution in [0.15, 0.2) is 46.9 Å². The van der Waals surface area contributed by atoms with E-state index in [1.807, 2.05) is 31.2 Å². The van der Waals surface area contributed by atoms with Gasteiger partial charge in [0.05, 0.1) is 5.56 Å². The zero-order valence-electron chi connectivity index (χ0n) is 11.6. The smallest absolute Gasteiger partial charge is 0.253 e. The highest BCUT2D eigenvalue weighted by Gasteiger charge is 2.14. The third-order valence-electron chi connectivity index (χ3n) is 3.12. The third-order valence-corrected chi connectivity index (χ3v) is 3.98. The van der Waals surface area contributed by atoms with Crippen LogP contribution >= 0.6 is 27.5 Å². The predicted molar refractivity (Wildman–Crippen MR) is 90.6 cm³/mol. The van der Waals surface area contributed by atoms with Gasteiger partial charge in [0.15, 0.2) is 0 Å². The lowest BCUT2D eigenvalue weighted by molar-refractivity contribution is 0.0941. The van der Waals surface area contributed by atoms with Crippen molar-refractivity contribution < 1.29 is 4.79 Å². The molecule has 2 aromatic carbocycles. The molecule has 1 unspecified atom stereocenters. The van der Waals surface area contributed by atoms with Crippen LogP contribution in [0.25, 0.3) is 0 Å². The second-order valence-electron chi connectivity index (χ2n) is 4.90. The van der Waals surface area contributed by atoms with Gasteiger partial charge in [-0.05, 0) is 43.2 Å². The van der Waals surface area contributed by atoms with Crippen molar-refractivity contribution in [2.45, 2.75) is 19.4 Å². The SMILES string of the molecule is CC(Cc1ccccc1Cl)NC(=O)c1cc(Br)ccc1N. The Morgan fingerprint density at radius 1 is 1.33 bits per heavy atom. The van der Waals surface area contributed by atoms with E-state index in [4.69, 9.17) is 17.3 Å². The maximum absolute atomic E-state index is 12.3. The Morgan fingerprint density at radius 3 is 2.76 bits per heavy atom. The molecule has 2 rings (SSSR count). The lowest BCUT2D eigenvalue weighted by atomic mass is 10.1. The Bertz CT molecular complexity index is 660. The fourth-order valence-corrected chi connectivity index (χ4v) is 2.65. The zero-order valence-corrected chi connectivity index (χ0v) is 13.9. The number of nitrogens with two attached hydrogens (primary N) is 1. The highest BCUT2D eigenvalue weighted by atomic mass is 79.9. The van der Waals surface area contributed by atoms with E-state index >= 15 is 0 Å². The van der Waals surface area contributed by atoms with Crippen LogP contribution in [-0.2, 0) is 6.42 Å². The summed E-state index contributed by atoms with van der Waals surface area (Å²) >= 11 is 9.47. The average molecular weight is 368 g/mol. The Kier molecular flexibility index (Phi) is 5.26. The van der Waals surface area contributed by atoms with Crippen molar-refractivity contribution in [1.29, 1.82) is 0 Å². The molecule has 21 heavy (non-hydrogen) atoms. The number of carbonyl (C=O) groups is 1. The minimum Gasteiger partial charge on any atom is -0.398 e. The summed E-state index contributed by atoms with van der Waals surface area (Å²) in [6, 6.07) is 12.8. The first kappa shape index (κ1) is 15.9. The number of nitrogen functional groups attached to an aromatic ring is 1. The van der Waals surface area contributed by atoms with Gasteiger partial charge in [-0.2, -0.15) is 0 Å².